The fourth-order valence-corrected chi connectivity index (χ4v) is 3.39. The summed E-state index contributed by atoms with van der Waals surface area (Å²) in [6.07, 6.45) is 2.10. The maximum Gasteiger partial charge on any atom is 0.255 e. The van der Waals surface area contributed by atoms with E-state index in [9.17, 15) is 4.79 Å². The lowest BCUT2D eigenvalue weighted by atomic mass is 10.1. The SMILES string of the molecule is CCCCOc1ccc(C(=O)Nc2ccc(-c3nc4cc(Cl)c(C)cc4[nH]3)cc2)cc1. The number of benzene rings is 3. The first kappa shape index (κ1) is 20.9. The van der Waals surface area contributed by atoms with E-state index in [1.807, 2.05) is 55.5 Å². The summed E-state index contributed by atoms with van der Waals surface area (Å²) in [5.41, 5.74) is 4.99. The zero-order valence-corrected chi connectivity index (χ0v) is 18.3. The number of ether oxygens (including phenoxy) is 1. The molecule has 0 aliphatic rings. The Bertz CT molecular complexity index is 1160. The van der Waals surface area contributed by atoms with E-state index >= 15 is 0 Å². The Morgan fingerprint density at radius 3 is 2.55 bits per heavy atom. The van der Waals surface area contributed by atoms with Gasteiger partial charge in [0.15, 0.2) is 0 Å². The summed E-state index contributed by atoms with van der Waals surface area (Å²) < 4.78 is 5.64. The van der Waals surface area contributed by atoms with Crippen molar-refractivity contribution in [2.45, 2.75) is 26.7 Å². The number of rotatable bonds is 7. The normalized spacial score (nSPS) is 10.9. The number of hydrogen-bond donors (Lipinski definition) is 2. The third-order valence-corrected chi connectivity index (χ3v) is 5.47. The number of hydrogen-bond acceptors (Lipinski definition) is 3. The van der Waals surface area contributed by atoms with Gasteiger partial charge in [0, 0.05) is 21.8 Å². The van der Waals surface area contributed by atoms with E-state index in [-0.39, 0.29) is 5.91 Å². The van der Waals surface area contributed by atoms with Gasteiger partial charge in [0.05, 0.1) is 17.6 Å². The van der Waals surface area contributed by atoms with Crippen LogP contribution < -0.4 is 10.1 Å². The number of halogens is 1. The molecule has 0 spiro atoms. The lowest BCUT2D eigenvalue weighted by Gasteiger charge is -2.08. The van der Waals surface area contributed by atoms with E-state index in [0.29, 0.717) is 22.9 Å². The summed E-state index contributed by atoms with van der Waals surface area (Å²) in [5, 5.41) is 3.62. The molecule has 0 atom stereocenters. The van der Waals surface area contributed by atoms with E-state index in [1.54, 1.807) is 12.1 Å². The first-order valence-electron chi connectivity index (χ1n) is 10.3. The van der Waals surface area contributed by atoms with Crippen molar-refractivity contribution in [1.29, 1.82) is 0 Å². The highest BCUT2D eigenvalue weighted by molar-refractivity contribution is 6.32. The summed E-state index contributed by atoms with van der Waals surface area (Å²) in [5.74, 6) is 1.37. The smallest absolute Gasteiger partial charge is 0.255 e. The molecule has 0 saturated carbocycles. The van der Waals surface area contributed by atoms with Gasteiger partial charge in [0.25, 0.3) is 5.91 Å². The van der Waals surface area contributed by atoms with Crippen LogP contribution in [-0.2, 0) is 0 Å². The van der Waals surface area contributed by atoms with Crippen LogP contribution in [0.25, 0.3) is 22.4 Å². The van der Waals surface area contributed by atoms with Gasteiger partial charge in [-0.15, -0.1) is 0 Å². The fourth-order valence-electron chi connectivity index (χ4n) is 3.23. The standard InChI is InChI=1S/C25H24ClN3O2/c1-3-4-13-31-20-11-7-18(8-12-20)25(30)27-19-9-5-17(6-10-19)24-28-22-14-16(2)21(26)15-23(22)29-24/h5-12,14-15H,3-4,13H2,1-2H3,(H,27,30)(H,28,29). The molecule has 158 valence electrons. The van der Waals surface area contributed by atoms with Crippen molar-refractivity contribution >= 4 is 34.2 Å². The topological polar surface area (TPSA) is 67.0 Å². The number of nitrogens with zero attached hydrogens (tertiary/aromatic N) is 1. The molecular weight excluding hydrogens is 410 g/mol. The van der Waals surface area contributed by atoms with Crippen LogP contribution in [0.4, 0.5) is 5.69 Å². The minimum atomic E-state index is -0.165. The molecule has 31 heavy (non-hydrogen) atoms. The largest absolute Gasteiger partial charge is 0.494 e. The Morgan fingerprint density at radius 1 is 1.10 bits per heavy atom. The maximum atomic E-state index is 12.5. The zero-order chi connectivity index (χ0) is 21.8. The molecule has 1 heterocycles. The van der Waals surface area contributed by atoms with Crippen molar-refractivity contribution in [3.05, 3.63) is 76.8 Å². The van der Waals surface area contributed by atoms with Gasteiger partial charge in [-0.05, 0) is 79.6 Å². The van der Waals surface area contributed by atoms with Crippen molar-refractivity contribution < 1.29 is 9.53 Å². The number of carbonyl (C=O) groups excluding carboxylic acids is 1. The van der Waals surface area contributed by atoms with Gasteiger partial charge >= 0.3 is 0 Å². The minimum Gasteiger partial charge on any atom is -0.494 e. The fraction of sp³-hybridized carbons (Fsp3) is 0.200. The quantitative estimate of drug-likeness (QED) is 0.322. The monoisotopic (exact) mass is 433 g/mol. The summed E-state index contributed by atoms with van der Waals surface area (Å²) in [6, 6.07) is 18.6. The lowest BCUT2D eigenvalue weighted by Crippen LogP contribution is -2.11. The molecule has 0 fully saturated rings. The van der Waals surface area contributed by atoms with Gasteiger partial charge in [0.2, 0.25) is 0 Å². The van der Waals surface area contributed by atoms with Crippen molar-refractivity contribution in [2.75, 3.05) is 11.9 Å². The van der Waals surface area contributed by atoms with Gasteiger partial charge < -0.3 is 15.0 Å². The van der Waals surface area contributed by atoms with Gasteiger partial charge in [-0.1, -0.05) is 24.9 Å². The summed E-state index contributed by atoms with van der Waals surface area (Å²) in [4.78, 5) is 20.5. The molecule has 4 rings (SSSR count). The Balaban J connectivity index is 1.43. The Morgan fingerprint density at radius 2 is 1.84 bits per heavy atom. The van der Waals surface area contributed by atoms with Crippen LogP contribution in [-0.4, -0.2) is 22.5 Å². The second-order valence-corrected chi connectivity index (χ2v) is 7.87. The molecule has 1 amide bonds. The highest BCUT2D eigenvalue weighted by atomic mass is 35.5. The molecule has 3 aromatic carbocycles. The second-order valence-electron chi connectivity index (χ2n) is 7.46. The molecule has 1 aromatic heterocycles. The number of carbonyl (C=O) groups is 1. The number of unbranched alkanes of at least 4 members (excludes halogenated alkanes) is 1. The number of H-pyrrole nitrogens is 1. The first-order valence-corrected chi connectivity index (χ1v) is 10.7. The summed E-state index contributed by atoms with van der Waals surface area (Å²) in [7, 11) is 0. The zero-order valence-electron chi connectivity index (χ0n) is 17.5. The Labute approximate surface area is 186 Å². The molecule has 0 aliphatic carbocycles. The van der Waals surface area contributed by atoms with E-state index in [4.69, 9.17) is 16.3 Å². The highest BCUT2D eigenvalue weighted by Crippen LogP contribution is 2.26. The average molecular weight is 434 g/mol. The van der Waals surface area contributed by atoms with Crippen LogP contribution in [0.2, 0.25) is 5.02 Å². The second kappa shape index (κ2) is 9.23. The molecule has 0 bridgehead atoms. The van der Waals surface area contributed by atoms with Crippen LogP contribution in [0.1, 0.15) is 35.7 Å². The minimum absolute atomic E-state index is 0.165. The predicted molar refractivity (Wildman–Crippen MR) is 126 cm³/mol. The van der Waals surface area contributed by atoms with E-state index < -0.39 is 0 Å². The number of aromatic nitrogens is 2. The summed E-state index contributed by atoms with van der Waals surface area (Å²) >= 11 is 6.20. The van der Waals surface area contributed by atoms with E-state index in [1.165, 1.54) is 0 Å². The predicted octanol–water partition coefficient (Wildman–Crippen LogP) is 6.62. The van der Waals surface area contributed by atoms with Crippen LogP contribution in [0.3, 0.4) is 0 Å². The third kappa shape index (κ3) is 4.89. The molecule has 0 unspecified atom stereocenters. The first-order chi connectivity index (χ1) is 15.0. The Kier molecular flexibility index (Phi) is 6.23. The van der Waals surface area contributed by atoms with Crippen LogP contribution >= 0.6 is 11.6 Å². The number of amides is 1. The number of aryl methyl sites for hydroxylation is 1. The number of nitrogens with one attached hydrogen (secondary N) is 2. The number of anilines is 1. The van der Waals surface area contributed by atoms with Crippen molar-refractivity contribution in [3.63, 3.8) is 0 Å². The van der Waals surface area contributed by atoms with Gasteiger partial charge in [-0.3, -0.25) is 4.79 Å². The molecular formula is C25H24ClN3O2. The van der Waals surface area contributed by atoms with Crippen molar-refractivity contribution in [1.82, 2.24) is 9.97 Å². The third-order valence-electron chi connectivity index (χ3n) is 5.06. The summed E-state index contributed by atoms with van der Waals surface area (Å²) in [6.45, 7) is 4.77. The lowest BCUT2D eigenvalue weighted by molar-refractivity contribution is 0.102. The highest BCUT2D eigenvalue weighted by Gasteiger charge is 2.10. The molecule has 2 N–H and O–H groups in total. The number of aromatic amines is 1. The molecule has 0 radical (unpaired) electrons. The maximum absolute atomic E-state index is 12.5. The van der Waals surface area contributed by atoms with Crippen molar-refractivity contribution in [3.8, 4) is 17.1 Å². The van der Waals surface area contributed by atoms with Crippen LogP contribution in [0.5, 0.6) is 5.75 Å². The average Bonchev–Trinajstić information content (AvgIpc) is 3.18. The van der Waals surface area contributed by atoms with Gasteiger partial charge in [-0.25, -0.2) is 4.98 Å². The molecule has 4 aromatic rings. The number of imidazole rings is 1. The van der Waals surface area contributed by atoms with E-state index in [2.05, 4.69) is 22.2 Å². The van der Waals surface area contributed by atoms with Crippen LogP contribution in [0.15, 0.2) is 60.7 Å². The van der Waals surface area contributed by atoms with Crippen molar-refractivity contribution in [2.24, 2.45) is 0 Å². The van der Waals surface area contributed by atoms with Gasteiger partial charge in [-0.2, -0.15) is 0 Å². The molecule has 5 nitrogen and oxygen atoms in total. The molecule has 0 aliphatic heterocycles. The van der Waals surface area contributed by atoms with Crippen LogP contribution in [0, 0.1) is 6.92 Å². The molecule has 0 saturated heterocycles. The molecule has 6 heteroatoms. The number of fused-ring (bicyclic) bond motifs is 1. The Hall–Kier alpha value is -3.31. The van der Waals surface area contributed by atoms with E-state index in [0.717, 1.165) is 46.6 Å². The van der Waals surface area contributed by atoms with Gasteiger partial charge in [0.1, 0.15) is 11.6 Å².